The maximum atomic E-state index is 11.9. The number of rotatable bonds is 7. The molecule has 0 saturated heterocycles. The largest absolute Gasteiger partial charge is 0.480 e. The zero-order chi connectivity index (χ0) is 15.1. The van der Waals surface area contributed by atoms with Gasteiger partial charge in [0.1, 0.15) is 12.2 Å². The lowest BCUT2D eigenvalue weighted by atomic mass is 10.3. The molecular formula is C11H19N5O3S. The molecule has 1 unspecified atom stereocenters. The van der Waals surface area contributed by atoms with Crippen LogP contribution in [0.15, 0.2) is 6.20 Å². The van der Waals surface area contributed by atoms with Crippen LogP contribution in [0, 0.1) is 0 Å². The standard InChI is InChI=1S/C11H19N5O3S/c1-8(7-20-3)15(2)11(19)12-4-9-5-16(14-13-9)6-10(17)18/h5,8H,4,6-7H2,1-3H3,(H,12,19)(H,17,18). The number of hydrogen-bond acceptors (Lipinski definition) is 5. The number of hydrogen-bond donors (Lipinski definition) is 2. The Hall–Kier alpha value is -1.77. The number of carboxylic acids is 1. The number of nitrogens with one attached hydrogen (secondary N) is 1. The Morgan fingerprint density at radius 1 is 1.60 bits per heavy atom. The zero-order valence-electron chi connectivity index (χ0n) is 11.7. The van der Waals surface area contributed by atoms with Crippen LogP contribution >= 0.6 is 11.8 Å². The van der Waals surface area contributed by atoms with Gasteiger partial charge in [0.15, 0.2) is 0 Å². The van der Waals surface area contributed by atoms with E-state index in [1.54, 1.807) is 23.7 Å². The maximum Gasteiger partial charge on any atom is 0.325 e. The lowest BCUT2D eigenvalue weighted by molar-refractivity contribution is -0.137. The average Bonchev–Trinajstić information content (AvgIpc) is 2.82. The van der Waals surface area contributed by atoms with Crippen LogP contribution in [0.3, 0.4) is 0 Å². The minimum absolute atomic E-state index is 0.132. The highest BCUT2D eigenvalue weighted by molar-refractivity contribution is 7.98. The number of carboxylic acid groups (broad SMARTS) is 1. The molecule has 1 aromatic heterocycles. The quantitative estimate of drug-likeness (QED) is 0.749. The van der Waals surface area contributed by atoms with E-state index in [1.807, 2.05) is 13.2 Å². The number of aliphatic carboxylic acids is 1. The van der Waals surface area contributed by atoms with Crippen LogP contribution < -0.4 is 5.32 Å². The van der Waals surface area contributed by atoms with Crippen molar-refractivity contribution in [3.63, 3.8) is 0 Å². The van der Waals surface area contributed by atoms with Crippen LogP contribution in [0.4, 0.5) is 4.79 Å². The summed E-state index contributed by atoms with van der Waals surface area (Å²) >= 11 is 1.68. The molecule has 20 heavy (non-hydrogen) atoms. The van der Waals surface area contributed by atoms with E-state index in [0.29, 0.717) is 5.69 Å². The highest BCUT2D eigenvalue weighted by Crippen LogP contribution is 2.04. The van der Waals surface area contributed by atoms with Gasteiger partial charge >= 0.3 is 12.0 Å². The zero-order valence-corrected chi connectivity index (χ0v) is 12.6. The first-order chi connectivity index (χ1) is 9.43. The highest BCUT2D eigenvalue weighted by Gasteiger charge is 2.15. The third-order valence-corrected chi connectivity index (χ3v) is 3.51. The van der Waals surface area contributed by atoms with Crippen molar-refractivity contribution in [1.82, 2.24) is 25.2 Å². The number of nitrogens with zero attached hydrogens (tertiary/aromatic N) is 4. The molecule has 1 heterocycles. The Labute approximate surface area is 121 Å². The van der Waals surface area contributed by atoms with Gasteiger partial charge in [-0.1, -0.05) is 5.21 Å². The van der Waals surface area contributed by atoms with Crippen LogP contribution in [-0.4, -0.2) is 62.1 Å². The van der Waals surface area contributed by atoms with Gasteiger partial charge in [0.2, 0.25) is 0 Å². The Balaban J connectivity index is 2.44. The summed E-state index contributed by atoms with van der Waals surface area (Å²) < 4.78 is 1.21. The average molecular weight is 301 g/mol. The van der Waals surface area contributed by atoms with Crippen molar-refractivity contribution < 1.29 is 14.7 Å². The fraction of sp³-hybridized carbons (Fsp3) is 0.636. The van der Waals surface area contributed by atoms with Crippen molar-refractivity contribution in [3.8, 4) is 0 Å². The van der Waals surface area contributed by atoms with Crippen LogP contribution in [0.5, 0.6) is 0 Å². The van der Waals surface area contributed by atoms with Crippen molar-refractivity contribution in [2.24, 2.45) is 0 Å². The fourth-order valence-electron chi connectivity index (χ4n) is 1.48. The van der Waals surface area contributed by atoms with E-state index >= 15 is 0 Å². The molecule has 8 nitrogen and oxygen atoms in total. The van der Waals surface area contributed by atoms with Gasteiger partial charge in [-0.2, -0.15) is 11.8 Å². The first-order valence-electron chi connectivity index (χ1n) is 6.04. The van der Waals surface area contributed by atoms with Gasteiger partial charge in [0, 0.05) is 18.8 Å². The highest BCUT2D eigenvalue weighted by atomic mass is 32.2. The van der Waals surface area contributed by atoms with Crippen molar-refractivity contribution >= 4 is 23.8 Å². The second-order valence-corrected chi connectivity index (χ2v) is 5.29. The summed E-state index contributed by atoms with van der Waals surface area (Å²) in [6, 6.07) is -0.0629. The van der Waals surface area contributed by atoms with Crippen LogP contribution in [0.2, 0.25) is 0 Å². The molecule has 0 spiro atoms. The molecule has 0 saturated carbocycles. The number of carbonyl (C=O) groups excluding carboxylic acids is 1. The molecule has 0 aliphatic heterocycles. The molecule has 0 aromatic carbocycles. The van der Waals surface area contributed by atoms with E-state index in [1.165, 1.54) is 10.9 Å². The smallest absolute Gasteiger partial charge is 0.325 e. The summed E-state index contributed by atoms with van der Waals surface area (Å²) in [5.74, 6) is -0.130. The Bertz CT molecular complexity index is 465. The molecule has 0 bridgehead atoms. The van der Waals surface area contributed by atoms with Gasteiger partial charge in [-0.05, 0) is 13.2 Å². The molecule has 0 fully saturated rings. The summed E-state index contributed by atoms with van der Waals surface area (Å²) in [4.78, 5) is 24.0. The second kappa shape index (κ2) is 7.73. The summed E-state index contributed by atoms with van der Waals surface area (Å²) in [7, 11) is 1.73. The number of urea groups is 1. The fourth-order valence-corrected chi connectivity index (χ4v) is 2.19. The third-order valence-electron chi connectivity index (χ3n) is 2.69. The molecule has 2 N–H and O–H groups in total. The molecule has 1 rings (SSSR count). The predicted octanol–water partition coefficient (Wildman–Crippen LogP) is 0.256. The third kappa shape index (κ3) is 5.08. The van der Waals surface area contributed by atoms with Gasteiger partial charge < -0.3 is 15.3 Å². The van der Waals surface area contributed by atoms with Crippen molar-refractivity contribution in [2.45, 2.75) is 26.1 Å². The van der Waals surface area contributed by atoms with E-state index in [9.17, 15) is 9.59 Å². The SMILES string of the molecule is CSCC(C)N(C)C(=O)NCc1cn(CC(=O)O)nn1. The van der Waals surface area contributed by atoms with Crippen molar-refractivity contribution in [3.05, 3.63) is 11.9 Å². The van der Waals surface area contributed by atoms with Gasteiger partial charge in [0.05, 0.1) is 12.7 Å². The molecule has 0 aliphatic rings. The Morgan fingerprint density at radius 2 is 2.30 bits per heavy atom. The summed E-state index contributed by atoms with van der Waals surface area (Å²) in [5, 5.41) is 18.8. The van der Waals surface area contributed by atoms with Gasteiger partial charge in [-0.15, -0.1) is 5.10 Å². The molecule has 1 aromatic rings. The van der Waals surface area contributed by atoms with Gasteiger partial charge in [-0.25, -0.2) is 9.48 Å². The topological polar surface area (TPSA) is 100 Å². The van der Waals surface area contributed by atoms with Crippen LogP contribution in [0.25, 0.3) is 0 Å². The predicted molar refractivity (Wildman–Crippen MR) is 75.5 cm³/mol. The first kappa shape index (κ1) is 16.3. The van der Waals surface area contributed by atoms with E-state index in [0.717, 1.165) is 5.75 Å². The lowest BCUT2D eigenvalue weighted by Gasteiger charge is -2.24. The van der Waals surface area contributed by atoms with Crippen molar-refractivity contribution in [1.29, 1.82) is 0 Å². The first-order valence-corrected chi connectivity index (χ1v) is 7.43. The van der Waals surface area contributed by atoms with Crippen LogP contribution in [0.1, 0.15) is 12.6 Å². The molecular weight excluding hydrogens is 282 g/mol. The number of carbonyl (C=O) groups is 2. The van der Waals surface area contributed by atoms with E-state index in [2.05, 4.69) is 15.6 Å². The molecule has 1 atom stereocenters. The maximum absolute atomic E-state index is 11.9. The summed E-state index contributed by atoms with van der Waals surface area (Å²) in [6.45, 7) is 1.94. The number of aromatic nitrogens is 3. The monoisotopic (exact) mass is 301 g/mol. The minimum atomic E-state index is -0.990. The normalized spacial score (nSPS) is 11.9. The molecule has 112 valence electrons. The van der Waals surface area contributed by atoms with E-state index in [-0.39, 0.29) is 25.2 Å². The molecule has 0 aliphatic carbocycles. The molecule has 0 radical (unpaired) electrons. The Morgan fingerprint density at radius 3 is 2.90 bits per heavy atom. The molecule has 2 amide bonds. The van der Waals surface area contributed by atoms with Crippen molar-refractivity contribution in [2.75, 3.05) is 19.1 Å². The van der Waals surface area contributed by atoms with E-state index in [4.69, 9.17) is 5.11 Å². The minimum Gasteiger partial charge on any atom is -0.480 e. The van der Waals surface area contributed by atoms with E-state index < -0.39 is 5.97 Å². The van der Waals surface area contributed by atoms with Gasteiger partial charge in [0.25, 0.3) is 0 Å². The molecule has 9 heteroatoms. The summed E-state index contributed by atoms with van der Waals surface area (Å²) in [5.41, 5.74) is 0.519. The Kier molecular flexibility index (Phi) is 6.29. The number of amides is 2. The lowest BCUT2D eigenvalue weighted by Crippen LogP contribution is -2.43. The number of thioether (sulfide) groups is 1. The van der Waals surface area contributed by atoms with Crippen LogP contribution in [-0.2, 0) is 17.9 Å². The summed E-state index contributed by atoms with van der Waals surface area (Å²) in [6.07, 6.45) is 3.49. The van der Waals surface area contributed by atoms with Gasteiger partial charge in [-0.3, -0.25) is 4.79 Å². The second-order valence-electron chi connectivity index (χ2n) is 4.38.